The smallest absolute Gasteiger partial charge is 0.256 e. The number of carbonyl (C=O) groups is 1. The van der Waals surface area contributed by atoms with Crippen LogP contribution in [0.3, 0.4) is 0 Å². The van der Waals surface area contributed by atoms with Gasteiger partial charge >= 0.3 is 0 Å². The standard InChI is InChI=1S/C23H23IN2O.3C2H6/c1-16-10-8-9-13-18(16)19-14-21(24)25-15-20(19)22(27)26(4)23(2,3)17-11-6-5-7-12-17;3*1-2/h5-15H,1-4H3;3*1-2H3. The lowest BCUT2D eigenvalue weighted by Gasteiger charge is -2.36. The fourth-order valence-corrected chi connectivity index (χ4v) is 3.62. The molecular weight excluding hydrogens is 519 g/mol. The van der Waals surface area contributed by atoms with Gasteiger partial charge in [-0.15, -0.1) is 0 Å². The number of carbonyl (C=O) groups excluding carboxylic acids is 1. The van der Waals surface area contributed by atoms with Gasteiger partial charge < -0.3 is 4.90 Å². The zero-order chi connectivity index (χ0) is 25.6. The van der Waals surface area contributed by atoms with Gasteiger partial charge in [-0.2, -0.15) is 0 Å². The highest BCUT2D eigenvalue weighted by Crippen LogP contribution is 2.32. The normalized spacial score (nSPS) is 9.79. The lowest BCUT2D eigenvalue weighted by atomic mass is 9.91. The SMILES string of the molecule is CC.CC.CC.Cc1ccccc1-c1cc(I)ncc1C(=O)N(C)C(C)(C)c1ccccc1. The Labute approximate surface area is 215 Å². The summed E-state index contributed by atoms with van der Waals surface area (Å²) in [5.41, 5.74) is 4.40. The van der Waals surface area contributed by atoms with E-state index in [0.717, 1.165) is 26.0 Å². The summed E-state index contributed by atoms with van der Waals surface area (Å²) in [7, 11) is 1.86. The number of rotatable bonds is 4. The van der Waals surface area contributed by atoms with Crippen LogP contribution in [0.5, 0.6) is 0 Å². The van der Waals surface area contributed by atoms with E-state index in [-0.39, 0.29) is 5.91 Å². The number of hydrogen-bond acceptors (Lipinski definition) is 2. The Kier molecular flexibility index (Phi) is 14.6. The third-order valence-corrected chi connectivity index (χ3v) is 5.75. The Bertz CT molecular complexity index is 968. The molecule has 1 amide bonds. The molecule has 0 saturated carbocycles. The van der Waals surface area contributed by atoms with Crippen LogP contribution in [-0.2, 0) is 5.54 Å². The lowest BCUT2D eigenvalue weighted by molar-refractivity contribution is 0.0622. The Morgan fingerprint density at radius 1 is 0.848 bits per heavy atom. The van der Waals surface area contributed by atoms with Crippen LogP contribution in [0.2, 0.25) is 0 Å². The number of aromatic nitrogens is 1. The molecule has 0 N–H and O–H groups in total. The van der Waals surface area contributed by atoms with Crippen LogP contribution in [0.25, 0.3) is 11.1 Å². The minimum atomic E-state index is -0.440. The van der Waals surface area contributed by atoms with Gasteiger partial charge in [-0.05, 0) is 71.7 Å². The first kappa shape index (κ1) is 30.8. The fourth-order valence-electron chi connectivity index (χ4n) is 3.17. The van der Waals surface area contributed by atoms with Crippen LogP contribution in [0, 0.1) is 10.6 Å². The molecule has 0 aliphatic carbocycles. The molecule has 0 aliphatic rings. The second-order valence-corrected chi connectivity index (χ2v) is 8.26. The molecule has 4 heteroatoms. The van der Waals surface area contributed by atoms with Crippen molar-refractivity contribution in [2.75, 3.05) is 7.05 Å². The highest BCUT2D eigenvalue weighted by atomic mass is 127. The van der Waals surface area contributed by atoms with E-state index >= 15 is 0 Å². The minimum absolute atomic E-state index is 0.0361. The largest absolute Gasteiger partial charge is 0.332 e. The molecule has 3 rings (SSSR count). The first-order valence-electron chi connectivity index (χ1n) is 11.9. The molecular formula is C29H41IN2O. The van der Waals surface area contributed by atoms with E-state index in [0.29, 0.717) is 5.56 Å². The zero-order valence-electron chi connectivity index (χ0n) is 22.0. The summed E-state index contributed by atoms with van der Waals surface area (Å²) < 4.78 is 0.868. The molecule has 3 aromatic rings. The van der Waals surface area contributed by atoms with Gasteiger partial charge in [0.15, 0.2) is 0 Å². The summed E-state index contributed by atoms with van der Waals surface area (Å²) in [5.74, 6) is -0.0361. The average Bonchev–Trinajstić information content (AvgIpc) is 2.87. The number of halogens is 1. The van der Waals surface area contributed by atoms with Gasteiger partial charge in [0.25, 0.3) is 5.91 Å². The van der Waals surface area contributed by atoms with Crippen LogP contribution in [-0.4, -0.2) is 22.8 Å². The van der Waals surface area contributed by atoms with Gasteiger partial charge in [-0.3, -0.25) is 4.79 Å². The van der Waals surface area contributed by atoms with Gasteiger partial charge in [-0.25, -0.2) is 4.98 Å². The van der Waals surface area contributed by atoms with E-state index in [1.165, 1.54) is 0 Å². The molecule has 0 radical (unpaired) electrons. The summed E-state index contributed by atoms with van der Waals surface area (Å²) in [6.07, 6.45) is 1.70. The van der Waals surface area contributed by atoms with Gasteiger partial charge in [0.05, 0.1) is 11.1 Å². The number of aryl methyl sites for hydroxylation is 1. The third kappa shape index (κ3) is 7.95. The first-order chi connectivity index (χ1) is 15.8. The molecule has 2 aromatic carbocycles. The lowest BCUT2D eigenvalue weighted by Crippen LogP contribution is -2.43. The van der Waals surface area contributed by atoms with Gasteiger partial charge in [0.2, 0.25) is 0 Å². The van der Waals surface area contributed by atoms with Crippen molar-refractivity contribution >= 4 is 28.5 Å². The van der Waals surface area contributed by atoms with Gasteiger partial charge in [-0.1, -0.05) is 96.1 Å². The van der Waals surface area contributed by atoms with Crippen molar-refractivity contribution in [3.63, 3.8) is 0 Å². The van der Waals surface area contributed by atoms with E-state index in [4.69, 9.17) is 0 Å². The van der Waals surface area contributed by atoms with Crippen molar-refractivity contribution in [1.82, 2.24) is 9.88 Å². The van der Waals surface area contributed by atoms with Crippen LogP contribution in [0.1, 0.15) is 76.9 Å². The number of amides is 1. The molecule has 0 aliphatic heterocycles. The average molecular weight is 561 g/mol. The second-order valence-electron chi connectivity index (χ2n) is 7.16. The maximum absolute atomic E-state index is 13.5. The summed E-state index contributed by atoms with van der Waals surface area (Å²) in [6.45, 7) is 18.2. The van der Waals surface area contributed by atoms with Crippen LogP contribution in [0.15, 0.2) is 66.9 Å². The summed E-state index contributed by atoms with van der Waals surface area (Å²) in [6, 6.07) is 20.2. The minimum Gasteiger partial charge on any atom is -0.332 e. The topological polar surface area (TPSA) is 33.2 Å². The molecule has 0 atom stereocenters. The fraction of sp³-hybridized carbons (Fsp3) is 0.379. The molecule has 0 bridgehead atoms. The monoisotopic (exact) mass is 560 g/mol. The van der Waals surface area contributed by atoms with Crippen molar-refractivity contribution in [2.45, 2.75) is 67.9 Å². The molecule has 0 unspecified atom stereocenters. The molecule has 180 valence electrons. The van der Waals surface area contributed by atoms with Gasteiger partial charge in [0.1, 0.15) is 3.70 Å². The van der Waals surface area contributed by atoms with Crippen molar-refractivity contribution in [3.05, 3.63) is 87.3 Å². The van der Waals surface area contributed by atoms with E-state index in [1.54, 1.807) is 11.1 Å². The quantitative estimate of drug-likeness (QED) is 0.236. The highest BCUT2D eigenvalue weighted by Gasteiger charge is 2.31. The highest BCUT2D eigenvalue weighted by molar-refractivity contribution is 14.1. The number of nitrogens with zero attached hydrogens (tertiary/aromatic N) is 2. The summed E-state index contributed by atoms with van der Waals surface area (Å²) in [4.78, 5) is 19.7. The number of pyridine rings is 1. The van der Waals surface area contributed by atoms with Crippen molar-refractivity contribution in [2.24, 2.45) is 0 Å². The second kappa shape index (κ2) is 15.6. The number of hydrogen-bond donors (Lipinski definition) is 0. The molecule has 3 nitrogen and oxygen atoms in total. The molecule has 33 heavy (non-hydrogen) atoms. The Balaban J connectivity index is 0.00000158. The maximum atomic E-state index is 13.5. The molecule has 0 fully saturated rings. The van der Waals surface area contributed by atoms with Crippen molar-refractivity contribution < 1.29 is 4.79 Å². The first-order valence-corrected chi connectivity index (χ1v) is 13.0. The van der Waals surface area contributed by atoms with E-state index < -0.39 is 5.54 Å². The van der Waals surface area contributed by atoms with E-state index in [1.807, 2.05) is 85.0 Å². The zero-order valence-corrected chi connectivity index (χ0v) is 24.2. The van der Waals surface area contributed by atoms with E-state index in [9.17, 15) is 4.79 Å². The van der Waals surface area contributed by atoms with Crippen LogP contribution >= 0.6 is 22.6 Å². The van der Waals surface area contributed by atoms with Crippen LogP contribution < -0.4 is 0 Å². The molecule has 1 heterocycles. The predicted octanol–water partition coefficient (Wildman–Crippen LogP) is 8.75. The Morgan fingerprint density at radius 3 is 1.91 bits per heavy atom. The van der Waals surface area contributed by atoms with Crippen LogP contribution in [0.4, 0.5) is 0 Å². The molecule has 0 spiro atoms. The maximum Gasteiger partial charge on any atom is 0.256 e. The van der Waals surface area contributed by atoms with E-state index in [2.05, 4.69) is 72.6 Å². The molecule has 0 saturated heterocycles. The summed E-state index contributed by atoms with van der Waals surface area (Å²) in [5, 5.41) is 0. The predicted molar refractivity (Wildman–Crippen MR) is 153 cm³/mol. The van der Waals surface area contributed by atoms with Crippen molar-refractivity contribution in [3.8, 4) is 11.1 Å². The third-order valence-electron chi connectivity index (χ3n) is 5.16. The van der Waals surface area contributed by atoms with Crippen molar-refractivity contribution in [1.29, 1.82) is 0 Å². The molecule has 1 aromatic heterocycles. The van der Waals surface area contributed by atoms with Gasteiger partial charge in [0, 0.05) is 13.2 Å². The summed E-state index contributed by atoms with van der Waals surface area (Å²) >= 11 is 2.19. The Hall–Kier alpha value is -2.21. The number of benzene rings is 2. The Morgan fingerprint density at radius 2 is 1.36 bits per heavy atom.